The Morgan fingerprint density at radius 1 is 1.39 bits per heavy atom. The molecule has 0 bridgehead atoms. The zero-order chi connectivity index (χ0) is 12.8. The van der Waals surface area contributed by atoms with Crippen LogP contribution in [0.2, 0.25) is 5.02 Å². The van der Waals surface area contributed by atoms with Crippen molar-refractivity contribution in [3.63, 3.8) is 0 Å². The van der Waals surface area contributed by atoms with E-state index in [9.17, 15) is 0 Å². The second-order valence-electron chi connectivity index (χ2n) is 3.80. The molecule has 0 spiro atoms. The molecular formula is C13H14ClNO2S. The van der Waals surface area contributed by atoms with E-state index in [1.807, 2.05) is 23.6 Å². The van der Waals surface area contributed by atoms with E-state index in [1.54, 1.807) is 17.4 Å². The van der Waals surface area contributed by atoms with Crippen molar-refractivity contribution in [1.29, 1.82) is 0 Å². The quantitative estimate of drug-likeness (QED) is 0.827. The van der Waals surface area contributed by atoms with Crippen molar-refractivity contribution in [2.75, 3.05) is 6.61 Å². The van der Waals surface area contributed by atoms with Crippen LogP contribution in [0.15, 0.2) is 29.6 Å². The Balaban J connectivity index is 1.72. The molecule has 0 atom stereocenters. The number of halogens is 1. The molecule has 0 amide bonds. The smallest absolute Gasteiger partial charge is 0.120 e. The molecule has 0 aliphatic heterocycles. The van der Waals surface area contributed by atoms with Crippen molar-refractivity contribution in [3.05, 3.63) is 45.4 Å². The van der Waals surface area contributed by atoms with Crippen molar-refractivity contribution in [1.82, 2.24) is 4.98 Å². The fourth-order valence-corrected chi connectivity index (χ4v) is 2.52. The number of hydrogen-bond acceptors (Lipinski definition) is 4. The number of thiazole rings is 1. The van der Waals surface area contributed by atoms with E-state index in [1.165, 1.54) is 0 Å². The number of aliphatic hydroxyl groups is 1. The first-order chi connectivity index (χ1) is 8.78. The Bertz CT molecular complexity index is 501. The van der Waals surface area contributed by atoms with Gasteiger partial charge in [-0.25, -0.2) is 4.98 Å². The van der Waals surface area contributed by atoms with Crippen LogP contribution in [0, 0.1) is 0 Å². The lowest BCUT2D eigenvalue weighted by atomic mass is 10.3. The molecule has 0 unspecified atom stereocenters. The van der Waals surface area contributed by atoms with Gasteiger partial charge < -0.3 is 9.84 Å². The Morgan fingerprint density at radius 2 is 2.28 bits per heavy atom. The van der Waals surface area contributed by atoms with Gasteiger partial charge in [0.05, 0.1) is 23.9 Å². The maximum absolute atomic E-state index is 8.90. The van der Waals surface area contributed by atoms with Crippen LogP contribution in [0.1, 0.15) is 17.1 Å². The summed E-state index contributed by atoms with van der Waals surface area (Å²) in [6, 6.07) is 7.38. The van der Waals surface area contributed by atoms with Crippen LogP contribution in [0.3, 0.4) is 0 Å². The Kier molecular flexibility index (Phi) is 4.99. The van der Waals surface area contributed by atoms with Gasteiger partial charge in [-0.1, -0.05) is 17.7 Å². The highest BCUT2D eigenvalue weighted by Crippen LogP contribution is 2.17. The van der Waals surface area contributed by atoms with Gasteiger partial charge in [-0.3, -0.25) is 0 Å². The van der Waals surface area contributed by atoms with Gasteiger partial charge in [0.1, 0.15) is 5.75 Å². The summed E-state index contributed by atoms with van der Waals surface area (Å²) in [6.07, 6.45) is 1.76. The Morgan fingerprint density at radius 3 is 3.00 bits per heavy atom. The van der Waals surface area contributed by atoms with Gasteiger partial charge in [0.2, 0.25) is 0 Å². The number of hydrogen-bond donors (Lipinski definition) is 1. The molecule has 2 aromatic rings. The van der Waals surface area contributed by atoms with Crippen LogP contribution >= 0.6 is 22.9 Å². The molecule has 0 saturated carbocycles. The van der Waals surface area contributed by atoms with Crippen molar-refractivity contribution in [2.24, 2.45) is 0 Å². The summed E-state index contributed by atoms with van der Waals surface area (Å²) < 4.78 is 5.58. The molecule has 0 aliphatic rings. The minimum absolute atomic E-state index is 0.00944. The molecule has 0 fully saturated rings. The number of rotatable bonds is 6. The molecule has 18 heavy (non-hydrogen) atoms. The lowest BCUT2D eigenvalue weighted by Crippen LogP contribution is -1.99. The van der Waals surface area contributed by atoms with Crippen molar-refractivity contribution in [3.8, 4) is 5.75 Å². The van der Waals surface area contributed by atoms with E-state index in [4.69, 9.17) is 21.4 Å². The standard InChI is InChI=1S/C13H14ClNO2S/c14-10-3-1-4-12(7-10)17-6-2-5-13-15-11(8-16)9-18-13/h1,3-4,7,9,16H,2,5-6,8H2. The second-order valence-corrected chi connectivity index (χ2v) is 5.18. The van der Waals surface area contributed by atoms with Crippen molar-refractivity contribution < 1.29 is 9.84 Å². The molecule has 0 aliphatic carbocycles. The number of aryl methyl sites for hydroxylation is 1. The summed E-state index contributed by atoms with van der Waals surface area (Å²) in [5.41, 5.74) is 0.741. The molecule has 1 heterocycles. The lowest BCUT2D eigenvalue weighted by molar-refractivity contribution is 0.277. The van der Waals surface area contributed by atoms with Crippen LogP contribution in [-0.2, 0) is 13.0 Å². The van der Waals surface area contributed by atoms with Crippen molar-refractivity contribution >= 4 is 22.9 Å². The highest BCUT2D eigenvalue weighted by molar-refractivity contribution is 7.09. The van der Waals surface area contributed by atoms with Crippen molar-refractivity contribution in [2.45, 2.75) is 19.4 Å². The van der Waals surface area contributed by atoms with E-state index >= 15 is 0 Å². The summed E-state index contributed by atoms with van der Waals surface area (Å²) in [4.78, 5) is 4.28. The zero-order valence-electron chi connectivity index (χ0n) is 9.80. The first-order valence-electron chi connectivity index (χ1n) is 5.70. The predicted octanol–water partition coefficient (Wildman–Crippen LogP) is 3.30. The monoisotopic (exact) mass is 283 g/mol. The number of aromatic nitrogens is 1. The first-order valence-corrected chi connectivity index (χ1v) is 6.96. The van der Waals surface area contributed by atoms with Gasteiger partial charge in [-0.05, 0) is 24.6 Å². The molecule has 2 rings (SSSR count). The van der Waals surface area contributed by atoms with Gasteiger partial charge >= 0.3 is 0 Å². The average Bonchev–Trinajstić information content (AvgIpc) is 2.83. The minimum Gasteiger partial charge on any atom is -0.494 e. The van der Waals surface area contributed by atoms with Crippen LogP contribution in [0.5, 0.6) is 5.75 Å². The molecule has 1 N–H and O–H groups in total. The first kappa shape index (κ1) is 13.3. The highest BCUT2D eigenvalue weighted by atomic mass is 35.5. The molecule has 0 saturated heterocycles. The van der Waals surface area contributed by atoms with E-state index in [0.717, 1.165) is 29.3 Å². The normalized spacial score (nSPS) is 10.6. The van der Waals surface area contributed by atoms with Gasteiger partial charge in [0.25, 0.3) is 0 Å². The number of nitrogens with zero attached hydrogens (tertiary/aromatic N) is 1. The summed E-state index contributed by atoms with van der Waals surface area (Å²) in [5.74, 6) is 0.790. The topological polar surface area (TPSA) is 42.4 Å². The maximum Gasteiger partial charge on any atom is 0.120 e. The number of aliphatic hydroxyl groups excluding tert-OH is 1. The summed E-state index contributed by atoms with van der Waals surface area (Å²) >= 11 is 7.44. The van der Waals surface area contributed by atoms with Gasteiger partial charge in [0, 0.05) is 16.8 Å². The molecular weight excluding hydrogens is 270 g/mol. The maximum atomic E-state index is 8.90. The summed E-state index contributed by atoms with van der Waals surface area (Å²) in [5, 5.41) is 12.5. The molecule has 96 valence electrons. The Labute approximate surface area is 115 Å². The molecule has 3 nitrogen and oxygen atoms in total. The van der Waals surface area contributed by atoms with Crippen LogP contribution < -0.4 is 4.74 Å². The third kappa shape index (κ3) is 3.98. The third-order valence-corrected chi connectivity index (χ3v) is 3.55. The van der Waals surface area contributed by atoms with Gasteiger partial charge in [0.15, 0.2) is 0 Å². The fourth-order valence-electron chi connectivity index (χ4n) is 1.51. The Hall–Kier alpha value is -1.10. The number of ether oxygens (including phenoxy) is 1. The average molecular weight is 284 g/mol. The second kappa shape index (κ2) is 6.73. The van der Waals surface area contributed by atoms with E-state index in [2.05, 4.69) is 4.98 Å². The molecule has 1 aromatic heterocycles. The SMILES string of the molecule is OCc1csc(CCCOc2cccc(Cl)c2)n1. The van der Waals surface area contributed by atoms with Gasteiger partial charge in [-0.2, -0.15) is 0 Å². The van der Waals surface area contributed by atoms with Crippen LogP contribution in [0.25, 0.3) is 0 Å². The third-order valence-electron chi connectivity index (χ3n) is 2.36. The van der Waals surface area contributed by atoms with Crippen LogP contribution in [0.4, 0.5) is 0 Å². The highest BCUT2D eigenvalue weighted by Gasteiger charge is 2.01. The number of benzene rings is 1. The molecule has 1 aromatic carbocycles. The van der Waals surface area contributed by atoms with Crippen LogP contribution in [-0.4, -0.2) is 16.7 Å². The van der Waals surface area contributed by atoms with E-state index in [0.29, 0.717) is 11.6 Å². The molecule has 5 heteroatoms. The summed E-state index contributed by atoms with van der Waals surface area (Å²) in [6.45, 7) is 0.643. The largest absolute Gasteiger partial charge is 0.494 e. The molecule has 0 radical (unpaired) electrons. The predicted molar refractivity (Wildman–Crippen MR) is 73.3 cm³/mol. The lowest BCUT2D eigenvalue weighted by Gasteiger charge is -2.05. The fraction of sp³-hybridized carbons (Fsp3) is 0.308. The minimum atomic E-state index is 0.00944. The van der Waals surface area contributed by atoms with E-state index < -0.39 is 0 Å². The van der Waals surface area contributed by atoms with Gasteiger partial charge in [-0.15, -0.1) is 11.3 Å². The zero-order valence-corrected chi connectivity index (χ0v) is 11.4. The summed E-state index contributed by atoms with van der Waals surface area (Å²) in [7, 11) is 0. The van der Waals surface area contributed by atoms with E-state index in [-0.39, 0.29) is 6.61 Å².